The van der Waals surface area contributed by atoms with Gasteiger partial charge < -0.3 is 5.32 Å². The fraction of sp³-hybridized carbons (Fsp3) is 0.267. The van der Waals surface area contributed by atoms with Crippen LogP contribution in [-0.2, 0) is 0 Å². The molecule has 0 saturated carbocycles. The average molecular weight is 285 g/mol. The van der Waals surface area contributed by atoms with E-state index in [4.69, 9.17) is 0 Å². The first kappa shape index (κ1) is 13.5. The van der Waals surface area contributed by atoms with Crippen LogP contribution in [0.1, 0.15) is 18.9 Å². The molecule has 3 aromatic rings. The van der Waals surface area contributed by atoms with E-state index in [1.165, 1.54) is 6.07 Å². The number of aromatic nitrogens is 4. The van der Waals surface area contributed by atoms with Crippen molar-refractivity contribution in [3.63, 3.8) is 0 Å². The van der Waals surface area contributed by atoms with Gasteiger partial charge in [0, 0.05) is 12.1 Å². The summed E-state index contributed by atoms with van der Waals surface area (Å²) in [6.07, 6.45) is 2.63. The highest BCUT2D eigenvalue weighted by Crippen LogP contribution is 2.27. The first-order chi connectivity index (χ1) is 10.2. The van der Waals surface area contributed by atoms with Crippen molar-refractivity contribution in [2.45, 2.75) is 20.3 Å². The van der Waals surface area contributed by atoms with Crippen molar-refractivity contribution in [1.82, 2.24) is 20.2 Å². The van der Waals surface area contributed by atoms with E-state index < -0.39 is 0 Å². The van der Waals surface area contributed by atoms with Crippen LogP contribution in [0.3, 0.4) is 0 Å². The second kappa shape index (κ2) is 5.47. The highest BCUT2D eigenvalue weighted by molar-refractivity contribution is 5.90. The molecular formula is C15H16FN5. The second-order valence-electron chi connectivity index (χ2n) is 4.92. The number of rotatable bonds is 4. The van der Waals surface area contributed by atoms with Gasteiger partial charge in [-0.05, 0) is 25.0 Å². The van der Waals surface area contributed by atoms with Crippen LogP contribution in [0.2, 0.25) is 0 Å². The third-order valence-corrected chi connectivity index (χ3v) is 3.29. The molecule has 108 valence electrons. The minimum atomic E-state index is -0.245. The van der Waals surface area contributed by atoms with Crippen LogP contribution in [0.4, 0.5) is 10.3 Å². The summed E-state index contributed by atoms with van der Waals surface area (Å²) < 4.78 is 13.8. The van der Waals surface area contributed by atoms with Gasteiger partial charge in [0.2, 0.25) is 5.95 Å². The number of hydrogen-bond donors (Lipinski definition) is 2. The fourth-order valence-corrected chi connectivity index (χ4v) is 2.11. The zero-order valence-electron chi connectivity index (χ0n) is 11.9. The van der Waals surface area contributed by atoms with E-state index in [9.17, 15) is 4.39 Å². The van der Waals surface area contributed by atoms with Crippen molar-refractivity contribution in [3.8, 4) is 11.3 Å². The van der Waals surface area contributed by atoms with Crippen molar-refractivity contribution >= 4 is 17.0 Å². The Morgan fingerprint density at radius 1 is 1.29 bits per heavy atom. The second-order valence-corrected chi connectivity index (χ2v) is 4.92. The van der Waals surface area contributed by atoms with Crippen LogP contribution in [0.5, 0.6) is 0 Å². The van der Waals surface area contributed by atoms with Crippen LogP contribution in [0, 0.1) is 12.7 Å². The monoisotopic (exact) mass is 285 g/mol. The number of aryl methyl sites for hydroxylation is 1. The molecule has 2 N–H and O–H groups in total. The quantitative estimate of drug-likeness (QED) is 0.772. The minimum Gasteiger partial charge on any atom is -0.354 e. The van der Waals surface area contributed by atoms with Crippen LogP contribution in [-0.4, -0.2) is 26.7 Å². The maximum absolute atomic E-state index is 13.8. The van der Waals surface area contributed by atoms with Gasteiger partial charge in [-0.3, -0.25) is 5.10 Å². The first-order valence-electron chi connectivity index (χ1n) is 6.90. The molecule has 0 spiro atoms. The Labute approximate surface area is 121 Å². The summed E-state index contributed by atoms with van der Waals surface area (Å²) in [4.78, 5) is 8.87. The molecule has 2 aromatic heterocycles. The average Bonchev–Trinajstić information content (AvgIpc) is 2.95. The summed E-state index contributed by atoms with van der Waals surface area (Å²) in [5.41, 5.74) is 2.64. The smallest absolute Gasteiger partial charge is 0.225 e. The zero-order valence-corrected chi connectivity index (χ0v) is 11.9. The number of nitrogens with one attached hydrogen (secondary N) is 2. The van der Waals surface area contributed by atoms with E-state index in [-0.39, 0.29) is 5.82 Å². The van der Waals surface area contributed by atoms with Gasteiger partial charge in [0.1, 0.15) is 5.82 Å². The van der Waals surface area contributed by atoms with Gasteiger partial charge >= 0.3 is 0 Å². The molecule has 0 radical (unpaired) electrons. The third-order valence-electron chi connectivity index (χ3n) is 3.29. The third kappa shape index (κ3) is 2.56. The molecule has 0 aliphatic rings. The molecule has 0 bridgehead atoms. The summed E-state index contributed by atoms with van der Waals surface area (Å²) in [5.74, 6) is 0.274. The number of fused-ring (bicyclic) bond motifs is 1. The van der Waals surface area contributed by atoms with E-state index in [0.717, 1.165) is 18.4 Å². The molecule has 0 unspecified atom stereocenters. The molecule has 0 atom stereocenters. The van der Waals surface area contributed by atoms with E-state index in [2.05, 4.69) is 32.4 Å². The lowest BCUT2D eigenvalue weighted by atomic mass is 10.1. The van der Waals surface area contributed by atoms with E-state index in [1.807, 2.05) is 6.07 Å². The Morgan fingerprint density at radius 2 is 2.14 bits per heavy atom. The molecule has 21 heavy (non-hydrogen) atoms. The molecule has 6 heteroatoms. The van der Waals surface area contributed by atoms with Gasteiger partial charge in [0.25, 0.3) is 0 Å². The minimum absolute atomic E-state index is 0.245. The standard InChI is InChI=1S/C15H16FN5/c1-3-6-17-15-19-13(11-8-18-21-14(11)20-15)10-5-4-9(2)12(16)7-10/h4-5,7-8H,3,6H2,1-2H3,(H2,17,18,19,20,21). The molecule has 3 rings (SSSR count). The Hall–Kier alpha value is -2.50. The van der Waals surface area contributed by atoms with Crippen LogP contribution < -0.4 is 5.32 Å². The topological polar surface area (TPSA) is 66.5 Å². The lowest BCUT2D eigenvalue weighted by molar-refractivity contribution is 0.619. The molecule has 0 aliphatic heterocycles. The lowest BCUT2D eigenvalue weighted by Crippen LogP contribution is -2.05. The van der Waals surface area contributed by atoms with E-state index in [1.54, 1.807) is 19.2 Å². The summed E-state index contributed by atoms with van der Waals surface area (Å²) >= 11 is 0. The number of benzene rings is 1. The van der Waals surface area contributed by atoms with Gasteiger partial charge in [-0.15, -0.1) is 0 Å². The molecule has 2 heterocycles. The number of hydrogen-bond acceptors (Lipinski definition) is 4. The van der Waals surface area contributed by atoms with Crippen molar-refractivity contribution in [2.75, 3.05) is 11.9 Å². The molecule has 0 amide bonds. The summed E-state index contributed by atoms with van der Waals surface area (Å²) in [7, 11) is 0. The molecule has 1 aromatic carbocycles. The van der Waals surface area contributed by atoms with Crippen molar-refractivity contribution < 1.29 is 4.39 Å². The number of H-pyrrole nitrogens is 1. The first-order valence-corrected chi connectivity index (χ1v) is 6.90. The maximum atomic E-state index is 13.8. The molecule has 0 fully saturated rings. The molecular weight excluding hydrogens is 269 g/mol. The highest BCUT2D eigenvalue weighted by Gasteiger charge is 2.12. The van der Waals surface area contributed by atoms with Crippen molar-refractivity contribution in [3.05, 3.63) is 35.8 Å². The Balaban J connectivity index is 2.14. The van der Waals surface area contributed by atoms with Crippen LogP contribution in [0.25, 0.3) is 22.3 Å². The number of nitrogens with zero attached hydrogens (tertiary/aromatic N) is 3. The molecule has 0 saturated heterocycles. The highest BCUT2D eigenvalue weighted by atomic mass is 19.1. The van der Waals surface area contributed by atoms with Crippen LogP contribution >= 0.6 is 0 Å². The summed E-state index contributed by atoms with van der Waals surface area (Å²) in [6, 6.07) is 5.10. The lowest BCUT2D eigenvalue weighted by Gasteiger charge is -2.08. The predicted octanol–water partition coefficient (Wildman–Crippen LogP) is 3.29. The van der Waals surface area contributed by atoms with Gasteiger partial charge in [-0.25, -0.2) is 9.37 Å². The van der Waals surface area contributed by atoms with Gasteiger partial charge in [0.15, 0.2) is 5.65 Å². The van der Waals surface area contributed by atoms with Gasteiger partial charge in [0.05, 0.1) is 17.3 Å². The van der Waals surface area contributed by atoms with Crippen LogP contribution in [0.15, 0.2) is 24.4 Å². The number of halogens is 1. The largest absolute Gasteiger partial charge is 0.354 e. The van der Waals surface area contributed by atoms with Gasteiger partial charge in [-0.1, -0.05) is 19.1 Å². The number of anilines is 1. The van der Waals surface area contributed by atoms with Crippen molar-refractivity contribution in [2.24, 2.45) is 0 Å². The van der Waals surface area contributed by atoms with Crippen molar-refractivity contribution in [1.29, 1.82) is 0 Å². The fourth-order valence-electron chi connectivity index (χ4n) is 2.11. The Morgan fingerprint density at radius 3 is 2.90 bits per heavy atom. The Bertz CT molecular complexity index is 781. The molecule has 0 aliphatic carbocycles. The summed E-state index contributed by atoms with van der Waals surface area (Å²) in [6.45, 7) is 4.58. The van der Waals surface area contributed by atoms with E-state index in [0.29, 0.717) is 28.4 Å². The number of aromatic amines is 1. The Kier molecular flexibility index (Phi) is 3.51. The van der Waals surface area contributed by atoms with E-state index >= 15 is 0 Å². The van der Waals surface area contributed by atoms with Gasteiger partial charge in [-0.2, -0.15) is 10.1 Å². The maximum Gasteiger partial charge on any atom is 0.225 e. The predicted molar refractivity (Wildman–Crippen MR) is 80.6 cm³/mol. The summed E-state index contributed by atoms with van der Waals surface area (Å²) in [5, 5.41) is 10.8. The normalized spacial score (nSPS) is 11.0. The zero-order chi connectivity index (χ0) is 14.8. The SMILES string of the molecule is CCCNc1nc(-c2ccc(C)c(F)c2)c2cn[nH]c2n1. The molecule has 5 nitrogen and oxygen atoms in total.